The van der Waals surface area contributed by atoms with E-state index < -0.39 is 0 Å². The molecule has 0 spiro atoms. The Balaban J connectivity index is 0.000000284. The van der Waals surface area contributed by atoms with Gasteiger partial charge in [0, 0.05) is 19.5 Å². The molecule has 0 aromatic heterocycles. The van der Waals surface area contributed by atoms with Gasteiger partial charge in [0.25, 0.3) is 0 Å². The molecule has 0 fully saturated rings. The summed E-state index contributed by atoms with van der Waals surface area (Å²) >= 11 is 0. The molecule has 97 valence electrons. The van der Waals surface area contributed by atoms with Crippen molar-refractivity contribution in [3.05, 3.63) is 48.6 Å². The first-order valence-corrected chi connectivity index (χ1v) is 6.60. The summed E-state index contributed by atoms with van der Waals surface area (Å²) < 4.78 is 0. The molecule has 0 bridgehead atoms. The van der Waals surface area contributed by atoms with E-state index in [-0.39, 0.29) is 19.5 Å². The van der Waals surface area contributed by atoms with Crippen molar-refractivity contribution in [2.24, 2.45) is 0 Å². The van der Waals surface area contributed by atoms with Crippen LogP contribution in [-0.2, 0) is 19.5 Å². The number of rotatable bonds is 0. The van der Waals surface area contributed by atoms with E-state index in [1.807, 2.05) is 0 Å². The Labute approximate surface area is 119 Å². The molecule has 2 aliphatic carbocycles. The molecule has 2 rings (SSSR count). The fourth-order valence-corrected chi connectivity index (χ4v) is 1.71. The fraction of sp³-hybridized carbons (Fsp3) is 0.500. The third-order valence-corrected chi connectivity index (χ3v) is 2.67. The first kappa shape index (κ1) is 16.6. The molecule has 0 nitrogen and oxygen atoms in total. The zero-order valence-corrected chi connectivity index (χ0v) is 12.2. The van der Waals surface area contributed by atoms with Crippen molar-refractivity contribution in [1.82, 2.24) is 0 Å². The van der Waals surface area contributed by atoms with Gasteiger partial charge in [-0.05, 0) is 51.4 Å². The summed E-state index contributed by atoms with van der Waals surface area (Å²) in [4.78, 5) is 0. The molecule has 1 radical (unpaired) electrons. The Bertz CT molecular complexity index is 179. The summed E-state index contributed by atoms with van der Waals surface area (Å²) in [5, 5.41) is 0. The molecule has 2 aliphatic rings. The Hall–Kier alpha value is -0.417. The normalized spacial score (nSPS) is 22.6. The fourth-order valence-electron chi connectivity index (χ4n) is 1.71. The Morgan fingerprint density at radius 1 is 0.294 bits per heavy atom. The minimum Gasteiger partial charge on any atom is -0.0882 e. The van der Waals surface area contributed by atoms with E-state index in [1.54, 1.807) is 0 Å². The van der Waals surface area contributed by atoms with E-state index in [1.165, 1.54) is 51.4 Å². The van der Waals surface area contributed by atoms with Crippen molar-refractivity contribution in [2.75, 3.05) is 0 Å². The third-order valence-electron chi connectivity index (χ3n) is 2.67. The second-order valence-electron chi connectivity index (χ2n) is 4.20. The van der Waals surface area contributed by atoms with Crippen LogP contribution in [0.5, 0.6) is 0 Å². The molecule has 0 saturated carbocycles. The molecule has 0 aromatic carbocycles. The zero-order valence-electron chi connectivity index (χ0n) is 10.6. The summed E-state index contributed by atoms with van der Waals surface area (Å²) in [6.45, 7) is 0. The Kier molecular flexibility index (Phi) is 13.3. The molecular formula is C16H24Rh. The largest absolute Gasteiger partial charge is 0.0882 e. The van der Waals surface area contributed by atoms with Crippen LogP contribution in [0.4, 0.5) is 0 Å². The zero-order chi connectivity index (χ0) is 11.3. The van der Waals surface area contributed by atoms with Crippen molar-refractivity contribution < 1.29 is 19.5 Å². The van der Waals surface area contributed by atoms with Crippen LogP contribution in [-0.4, -0.2) is 0 Å². The summed E-state index contributed by atoms with van der Waals surface area (Å²) in [6, 6.07) is 0. The minimum atomic E-state index is 0. The van der Waals surface area contributed by atoms with E-state index in [0.717, 1.165) is 0 Å². The van der Waals surface area contributed by atoms with Gasteiger partial charge in [-0.3, -0.25) is 0 Å². The van der Waals surface area contributed by atoms with E-state index in [0.29, 0.717) is 0 Å². The quantitative estimate of drug-likeness (QED) is 0.417. The van der Waals surface area contributed by atoms with Crippen LogP contribution in [0.2, 0.25) is 0 Å². The van der Waals surface area contributed by atoms with E-state index in [4.69, 9.17) is 0 Å². The van der Waals surface area contributed by atoms with Crippen LogP contribution < -0.4 is 0 Å². The second kappa shape index (κ2) is 13.6. The topological polar surface area (TPSA) is 0 Å². The third kappa shape index (κ3) is 11.8. The molecule has 0 unspecified atom stereocenters. The molecular weight excluding hydrogens is 295 g/mol. The average Bonchev–Trinajstić information content (AvgIpc) is 2.15. The average molecular weight is 319 g/mol. The van der Waals surface area contributed by atoms with Gasteiger partial charge in [0.05, 0.1) is 0 Å². The number of hydrogen-bond acceptors (Lipinski definition) is 0. The summed E-state index contributed by atoms with van der Waals surface area (Å²) in [7, 11) is 0. The maximum absolute atomic E-state index is 2.27. The standard InChI is InChI=1S/2C8H12.Rh/c2*1-2-4-6-8-7-5-3-1;/h2*1-2,7-8H,3-6H2;/b2*2-1-,8-7?;. The van der Waals surface area contributed by atoms with Crippen LogP contribution >= 0.6 is 0 Å². The van der Waals surface area contributed by atoms with Crippen molar-refractivity contribution in [1.29, 1.82) is 0 Å². The maximum atomic E-state index is 2.27. The summed E-state index contributed by atoms with van der Waals surface area (Å²) in [6.07, 6.45) is 28.0. The molecule has 17 heavy (non-hydrogen) atoms. The molecule has 0 atom stereocenters. The SMILES string of the molecule is C1=CCC/C=C\CC1.C1=CCC/C=C\CC1.[Rh]. The van der Waals surface area contributed by atoms with Crippen LogP contribution in [0.15, 0.2) is 48.6 Å². The van der Waals surface area contributed by atoms with E-state index >= 15 is 0 Å². The van der Waals surface area contributed by atoms with Gasteiger partial charge in [0.2, 0.25) is 0 Å². The number of allylic oxidation sites excluding steroid dienone is 8. The van der Waals surface area contributed by atoms with Gasteiger partial charge in [0.1, 0.15) is 0 Å². The smallest absolute Gasteiger partial charge is 0 e. The summed E-state index contributed by atoms with van der Waals surface area (Å²) in [5.41, 5.74) is 0. The Morgan fingerprint density at radius 2 is 0.412 bits per heavy atom. The van der Waals surface area contributed by atoms with Crippen LogP contribution in [0.25, 0.3) is 0 Å². The monoisotopic (exact) mass is 319 g/mol. The minimum absolute atomic E-state index is 0. The van der Waals surface area contributed by atoms with Crippen molar-refractivity contribution in [3.8, 4) is 0 Å². The van der Waals surface area contributed by atoms with Gasteiger partial charge < -0.3 is 0 Å². The van der Waals surface area contributed by atoms with E-state index in [2.05, 4.69) is 48.6 Å². The van der Waals surface area contributed by atoms with Gasteiger partial charge in [-0.25, -0.2) is 0 Å². The molecule has 0 amide bonds. The van der Waals surface area contributed by atoms with E-state index in [9.17, 15) is 0 Å². The molecule has 0 heterocycles. The Morgan fingerprint density at radius 3 is 0.529 bits per heavy atom. The molecule has 1 heteroatoms. The second-order valence-corrected chi connectivity index (χ2v) is 4.20. The molecule has 0 aliphatic heterocycles. The first-order valence-electron chi connectivity index (χ1n) is 6.60. The molecule has 0 N–H and O–H groups in total. The van der Waals surface area contributed by atoms with Crippen molar-refractivity contribution in [3.63, 3.8) is 0 Å². The van der Waals surface area contributed by atoms with Gasteiger partial charge in [-0.1, -0.05) is 48.6 Å². The van der Waals surface area contributed by atoms with Crippen molar-refractivity contribution in [2.45, 2.75) is 51.4 Å². The van der Waals surface area contributed by atoms with Crippen LogP contribution in [0.3, 0.4) is 0 Å². The predicted octanol–water partition coefficient (Wildman–Crippen LogP) is 5.34. The predicted molar refractivity (Wildman–Crippen MR) is 73.5 cm³/mol. The van der Waals surface area contributed by atoms with Crippen LogP contribution in [0, 0.1) is 0 Å². The van der Waals surface area contributed by atoms with Crippen LogP contribution in [0.1, 0.15) is 51.4 Å². The molecule has 0 aromatic rings. The maximum Gasteiger partial charge on any atom is 0 e. The summed E-state index contributed by atoms with van der Waals surface area (Å²) in [5.74, 6) is 0. The van der Waals surface area contributed by atoms with Gasteiger partial charge in [-0.15, -0.1) is 0 Å². The van der Waals surface area contributed by atoms with Gasteiger partial charge >= 0.3 is 0 Å². The first-order chi connectivity index (χ1) is 8.00. The number of hydrogen-bond donors (Lipinski definition) is 0. The van der Waals surface area contributed by atoms with Gasteiger partial charge in [0.15, 0.2) is 0 Å². The van der Waals surface area contributed by atoms with Gasteiger partial charge in [-0.2, -0.15) is 0 Å². The van der Waals surface area contributed by atoms with Crippen molar-refractivity contribution >= 4 is 0 Å². The molecule has 0 saturated heterocycles.